The Kier molecular flexibility index (Phi) is 6.13. The smallest absolute Gasteiger partial charge is 0.246 e. The molecule has 3 rings (SSSR count). The summed E-state index contributed by atoms with van der Waals surface area (Å²) in [6, 6.07) is 16.9. The van der Waals surface area contributed by atoms with Crippen molar-refractivity contribution in [1.82, 2.24) is 15.0 Å². The summed E-state index contributed by atoms with van der Waals surface area (Å²) in [5, 5.41) is 7.08. The number of anilines is 1. The minimum atomic E-state index is -0.354. The maximum Gasteiger partial charge on any atom is 0.246 e. The van der Waals surface area contributed by atoms with Gasteiger partial charge in [0.05, 0.1) is 0 Å². The van der Waals surface area contributed by atoms with E-state index in [4.69, 9.17) is 4.52 Å². The van der Waals surface area contributed by atoms with Crippen LogP contribution in [0.2, 0.25) is 0 Å². The Morgan fingerprint density at radius 2 is 1.76 bits per heavy atom. The first-order valence-electron chi connectivity index (χ1n) is 9.80. The van der Waals surface area contributed by atoms with E-state index in [1.54, 1.807) is 0 Å². The molecule has 1 N–H and O–H groups in total. The molecule has 0 aliphatic carbocycles. The maximum atomic E-state index is 13.0. The second-order valence-electron chi connectivity index (χ2n) is 8.13. The first-order chi connectivity index (χ1) is 13.8. The molecule has 1 aromatic heterocycles. The molecule has 29 heavy (non-hydrogen) atoms. The molecule has 1 atom stereocenters. The van der Waals surface area contributed by atoms with Gasteiger partial charge in [-0.25, -0.2) is 0 Å². The Hall–Kier alpha value is -2.99. The van der Waals surface area contributed by atoms with Crippen LogP contribution in [0.15, 0.2) is 59.1 Å². The summed E-state index contributed by atoms with van der Waals surface area (Å²) in [6.45, 7) is 8.88. The van der Waals surface area contributed by atoms with Crippen molar-refractivity contribution in [2.75, 3.05) is 18.9 Å². The maximum absolute atomic E-state index is 13.0. The third kappa shape index (κ3) is 4.90. The molecule has 152 valence electrons. The lowest BCUT2D eigenvalue weighted by Gasteiger charge is -2.26. The van der Waals surface area contributed by atoms with Crippen LogP contribution in [0.25, 0.3) is 11.4 Å². The lowest BCUT2D eigenvalue weighted by atomic mass is 9.97. The average molecular weight is 393 g/mol. The zero-order chi connectivity index (χ0) is 21.0. The predicted octanol–water partition coefficient (Wildman–Crippen LogP) is 4.67. The van der Waals surface area contributed by atoms with Gasteiger partial charge in [-0.2, -0.15) is 4.98 Å². The number of carbonyl (C=O) groups is 1. The van der Waals surface area contributed by atoms with Crippen molar-refractivity contribution in [2.24, 2.45) is 0 Å². The Morgan fingerprint density at radius 1 is 1.10 bits per heavy atom. The van der Waals surface area contributed by atoms with Gasteiger partial charge in [-0.3, -0.25) is 9.69 Å². The number of hydrogen-bond donors (Lipinski definition) is 1. The number of amides is 1. The highest BCUT2D eigenvalue weighted by atomic mass is 16.5. The minimum absolute atomic E-state index is 0.0668. The highest BCUT2D eigenvalue weighted by Gasteiger charge is 2.25. The van der Waals surface area contributed by atoms with Gasteiger partial charge in [0.1, 0.15) is 6.04 Å². The van der Waals surface area contributed by atoms with Crippen molar-refractivity contribution in [3.63, 3.8) is 0 Å². The third-order valence-electron chi connectivity index (χ3n) is 4.78. The molecule has 1 amide bonds. The monoisotopic (exact) mass is 392 g/mol. The van der Waals surface area contributed by atoms with Gasteiger partial charge >= 0.3 is 0 Å². The van der Waals surface area contributed by atoms with E-state index in [0.29, 0.717) is 11.7 Å². The second kappa shape index (κ2) is 8.57. The van der Waals surface area contributed by atoms with Crippen molar-refractivity contribution in [3.05, 3.63) is 66.1 Å². The Morgan fingerprint density at radius 3 is 2.31 bits per heavy atom. The van der Waals surface area contributed by atoms with Crippen LogP contribution >= 0.6 is 0 Å². The summed E-state index contributed by atoms with van der Waals surface area (Å²) < 4.78 is 5.36. The molecule has 1 heterocycles. The van der Waals surface area contributed by atoms with Crippen molar-refractivity contribution in [2.45, 2.75) is 39.2 Å². The molecular formula is C23H28N4O2. The van der Waals surface area contributed by atoms with Crippen molar-refractivity contribution in [1.29, 1.82) is 0 Å². The molecule has 3 aromatic rings. The standard InChI is InChI=1S/C23H28N4O2/c1-6-27(5)19(16-10-8-7-9-11-16)21(28)24-18-14-12-17(13-15-18)20-25-22(29-26-20)23(2,3)4/h7-15,19H,6H2,1-5H3,(H,24,28). The highest BCUT2D eigenvalue weighted by Crippen LogP contribution is 2.26. The summed E-state index contributed by atoms with van der Waals surface area (Å²) in [4.78, 5) is 19.5. The second-order valence-corrected chi connectivity index (χ2v) is 8.13. The number of rotatable bonds is 6. The van der Waals surface area contributed by atoms with Crippen LogP contribution in [-0.4, -0.2) is 34.5 Å². The normalized spacial score (nSPS) is 12.8. The van der Waals surface area contributed by atoms with Crippen LogP contribution < -0.4 is 5.32 Å². The number of benzene rings is 2. The van der Waals surface area contributed by atoms with E-state index >= 15 is 0 Å². The number of nitrogens with one attached hydrogen (secondary N) is 1. The summed E-state index contributed by atoms with van der Waals surface area (Å²) in [6.07, 6.45) is 0. The zero-order valence-electron chi connectivity index (χ0n) is 17.6. The molecule has 0 radical (unpaired) electrons. The molecule has 1 unspecified atom stereocenters. The SMILES string of the molecule is CCN(C)C(C(=O)Nc1ccc(-c2noc(C(C)(C)C)n2)cc1)c1ccccc1. The molecule has 6 heteroatoms. The third-order valence-corrected chi connectivity index (χ3v) is 4.78. The predicted molar refractivity (Wildman–Crippen MR) is 115 cm³/mol. The molecule has 0 aliphatic heterocycles. The Bertz CT molecular complexity index is 943. The van der Waals surface area contributed by atoms with Gasteiger partial charge in [0.25, 0.3) is 0 Å². The minimum Gasteiger partial charge on any atom is -0.338 e. The molecule has 0 bridgehead atoms. The highest BCUT2D eigenvalue weighted by molar-refractivity contribution is 5.95. The van der Waals surface area contributed by atoms with E-state index in [-0.39, 0.29) is 17.4 Å². The van der Waals surface area contributed by atoms with E-state index in [1.807, 2.05) is 94.2 Å². The quantitative estimate of drug-likeness (QED) is 0.660. The Labute approximate surface area is 171 Å². The van der Waals surface area contributed by atoms with Crippen LogP contribution in [0, 0.1) is 0 Å². The van der Waals surface area contributed by atoms with Crippen LogP contribution in [0.1, 0.15) is 45.2 Å². The van der Waals surface area contributed by atoms with Crippen LogP contribution in [0.5, 0.6) is 0 Å². The van der Waals surface area contributed by atoms with Crippen LogP contribution in [-0.2, 0) is 10.2 Å². The van der Waals surface area contributed by atoms with E-state index < -0.39 is 0 Å². The molecule has 2 aromatic carbocycles. The fourth-order valence-corrected chi connectivity index (χ4v) is 2.98. The molecule has 0 aliphatic rings. The van der Waals surface area contributed by atoms with Gasteiger partial charge in [-0.1, -0.05) is 63.2 Å². The van der Waals surface area contributed by atoms with E-state index in [0.717, 1.165) is 23.4 Å². The van der Waals surface area contributed by atoms with Gasteiger partial charge in [-0.05, 0) is 43.4 Å². The lowest BCUT2D eigenvalue weighted by Crippen LogP contribution is -2.34. The number of aromatic nitrogens is 2. The zero-order valence-corrected chi connectivity index (χ0v) is 17.6. The molecular weight excluding hydrogens is 364 g/mol. The molecule has 0 spiro atoms. The molecule has 6 nitrogen and oxygen atoms in total. The van der Waals surface area contributed by atoms with E-state index in [1.165, 1.54) is 0 Å². The fourth-order valence-electron chi connectivity index (χ4n) is 2.98. The van der Waals surface area contributed by atoms with Gasteiger partial charge in [0.15, 0.2) is 0 Å². The number of carbonyl (C=O) groups excluding carboxylic acids is 1. The van der Waals surface area contributed by atoms with Gasteiger partial charge in [-0.15, -0.1) is 0 Å². The summed E-state index contributed by atoms with van der Waals surface area (Å²) >= 11 is 0. The first kappa shape index (κ1) is 20.7. The van der Waals surface area contributed by atoms with E-state index in [9.17, 15) is 4.79 Å². The van der Waals surface area contributed by atoms with Crippen molar-refractivity contribution >= 4 is 11.6 Å². The molecule has 0 fully saturated rings. The van der Waals surface area contributed by atoms with Gasteiger partial charge in [0.2, 0.25) is 17.6 Å². The lowest BCUT2D eigenvalue weighted by molar-refractivity contribution is -0.121. The summed E-state index contributed by atoms with van der Waals surface area (Å²) in [7, 11) is 1.95. The topological polar surface area (TPSA) is 71.3 Å². The summed E-state index contributed by atoms with van der Waals surface area (Å²) in [5.41, 5.74) is 2.33. The average Bonchev–Trinajstić information content (AvgIpc) is 3.20. The number of nitrogens with zero attached hydrogens (tertiary/aromatic N) is 3. The van der Waals surface area contributed by atoms with Gasteiger partial charge < -0.3 is 9.84 Å². The number of hydrogen-bond acceptors (Lipinski definition) is 5. The first-order valence-corrected chi connectivity index (χ1v) is 9.80. The van der Waals surface area contributed by atoms with E-state index in [2.05, 4.69) is 15.5 Å². The Balaban J connectivity index is 1.76. The van der Waals surface area contributed by atoms with Crippen LogP contribution in [0.3, 0.4) is 0 Å². The fraction of sp³-hybridized carbons (Fsp3) is 0.348. The largest absolute Gasteiger partial charge is 0.338 e. The molecule has 0 saturated carbocycles. The van der Waals surface area contributed by atoms with Gasteiger partial charge in [0, 0.05) is 16.7 Å². The number of likely N-dealkylation sites (N-methyl/N-ethyl adjacent to an activating group) is 1. The summed E-state index contributed by atoms with van der Waals surface area (Å²) in [5.74, 6) is 1.07. The van der Waals surface area contributed by atoms with Crippen LogP contribution in [0.4, 0.5) is 5.69 Å². The molecule has 0 saturated heterocycles. The van der Waals surface area contributed by atoms with Crippen molar-refractivity contribution in [3.8, 4) is 11.4 Å². The van der Waals surface area contributed by atoms with Crippen molar-refractivity contribution < 1.29 is 9.32 Å².